The van der Waals surface area contributed by atoms with Crippen LogP contribution in [0.3, 0.4) is 0 Å². The highest BCUT2D eigenvalue weighted by Crippen LogP contribution is 2.17. The van der Waals surface area contributed by atoms with Crippen LogP contribution in [0.15, 0.2) is 36.9 Å². The molecule has 0 atom stereocenters. The summed E-state index contributed by atoms with van der Waals surface area (Å²) < 4.78 is 5.20. The minimum absolute atomic E-state index is 0.0725. The fraction of sp³-hybridized carbons (Fsp3) is 0.294. The molecule has 0 unspecified atom stereocenters. The molecule has 3 rings (SSSR count). The maximum atomic E-state index is 12.2. The van der Waals surface area contributed by atoms with E-state index in [9.17, 15) is 4.79 Å². The molecule has 1 aromatic carbocycles. The second-order valence-electron chi connectivity index (χ2n) is 5.61. The van der Waals surface area contributed by atoms with E-state index < -0.39 is 0 Å². The van der Waals surface area contributed by atoms with Crippen LogP contribution in [0.4, 0.5) is 5.82 Å². The molecule has 8 heteroatoms. The molecule has 0 aliphatic heterocycles. The summed E-state index contributed by atoms with van der Waals surface area (Å²) in [5.41, 5.74) is 2.41. The normalized spacial score (nSPS) is 10.6. The number of anilines is 1. The lowest BCUT2D eigenvalue weighted by molar-refractivity contribution is -0.119. The van der Waals surface area contributed by atoms with Crippen LogP contribution in [-0.4, -0.2) is 53.1 Å². The summed E-state index contributed by atoms with van der Waals surface area (Å²) in [7, 11) is 3.45. The number of H-pyrrole nitrogens is 1. The van der Waals surface area contributed by atoms with Gasteiger partial charge in [0.2, 0.25) is 5.91 Å². The van der Waals surface area contributed by atoms with Crippen molar-refractivity contribution in [1.82, 2.24) is 25.3 Å². The van der Waals surface area contributed by atoms with E-state index in [0.717, 1.165) is 17.7 Å². The van der Waals surface area contributed by atoms with Crippen LogP contribution in [0.1, 0.15) is 5.56 Å². The predicted octanol–water partition coefficient (Wildman–Crippen LogP) is 1.16. The smallest absolute Gasteiger partial charge is 0.239 e. The van der Waals surface area contributed by atoms with Crippen molar-refractivity contribution >= 4 is 22.9 Å². The first-order chi connectivity index (χ1) is 12.2. The number of nitrogens with one attached hydrogen (secondary N) is 2. The van der Waals surface area contributed by atoms with Crippen LogP contribution in [0.2, 0.25) is 0 Å². The lowest BCUT2D eigenvalue weighted by Gasteiger charge is -2.17. The van der Waals surface area contributed by atoms with E-state index in [-0.39, 0.29) is 12.5 Å². The molecular formula is C17H20N6O2. The van der Waals surface area contributed by atoms with E-state index in [4.69, 9.17) is 4.74 Å². The lowest BCUT2D eigenvalue weighted by Crippen LogP contribution is -2.36. The summed E-state index contributed by atoms with van der Waals surface area (Å²) in [6.07, 6.45) is 3.74. The Bertz CT molecular complexity index is 863. The number of amides is 1. The van der Waals surface area contributed by atoms with Crippen molar-refractivity contribution in [2.24, 2.45) is 0 Å². The number of ether oxygens (including phenoxy) is 1. The number of carbonyl (C=O) groups is 1. The van der Waals surface area contributed by atoms with Crippen LogP contribution in [0.5, 0.6) is 5.75 Å². The topological polar surface area (TPSA) is 96.0 Å². The number of hydrogen-bond donors (Lipinski definition) is 2. The van der Waals surface area contributed by atoms with E-state index in [1.165, 1.54) is 6.33 Å². The van der Waals surface area contributed by atoms with Gasteiger partial charge in [0, 0.05) is 13.6 Å². The van der Waals surface area contributed by atoms with Gasteiger partial charge in [0.15, 0.2) is 11.5 Å². The molecule has 0 saturated heterocycles. The number of carbonyl (C=O) groups excluding carboxylic acids is 1. The summed E-state index contributed by atoms with van der Waals surface area (Å²) in [4.78, 5) is 29.3. The van der Waals surface area contributed by atoms with E-state index in [0.29, 0.717) is 23.5 Å². The monoisotopic (exact) mass is 340 g/mol. The summed E-state index contributed by atoms with van der Waals surface area (Å²) in [6, 6.07) is 7.81. The first kappa shape index (κ1) is 16.7. The molecule has 0 bridgehead atoms. The number of rotatable bonds is 7. The SMILES string of the molecule is COc1cccc(CCNC(=O)CN(C)c2ncnc3nc[nH]c23)c1. The Morgan fingerprint density at radius 1 is 1.32 bits per heavy atom. The Morgan fingerprint density at radius 2 is 2.20 bits per heavy atom. The molecule has 0 aliphatic rings. The third-order valence-corrected chi connectivity index (χ3v) is 3.82. The molecule has 2 aromatic heterocycles. The van der Waals surface area contributed by atoms with Crippen molar-refractivity contribution < 1.29 is 9.53 Å². The van der Waals surface area contributed by atoms with Gasteiger partial charge in [-0.2, -0.15) is 0 Å². The van der Waals surface area contributed by atoms with Gasteiger partial charge < -0.3 is 19.9 Å². The zero-order valence-corrected chi connectivity index (χ0v) is 14.2. The maximum absolute atomic E-state index is 12.2. The molecule has 0 radical (unpaired) electrons. The largest absolute Gasteiger partial charge is 0.497 e. The second-order valence-corrected chi connectivity index (χ2v) is 5.61. The third-order valence-electron chi connectivity index (χ3n) is 3.82. The van der Waals surface area contributed by atoms with Gasteiger partial charge in [0.1, 0.15) is 17.6 Å². The van der Waals surface area contributed by atoms with E-state index in [1.54, 1.807) is 18.3 Å². The van der Waals surface area contributed by atoms with Gasteiger partial charge in [0.05, 0.1) is 20.0 Å². The molecule has 1 amide bonds. The van der Waals surface area contributed by atoms with Gasteiger partial charge in [-0.1, -0.05) is 12.1 Å². The first-order valence-electron chi connectivity index (χ1n) is 7.92. The van der Waals surface area contributed by atoms with E-state index in [2.05, 4.69) is 25.3 Å². The van der Waals surface area contributed by atoms with Gasteiger partial charge in [-0.25, -0.2) is 15.0 Å². The highest BCUT2D eigenvalue weighted by Gasteiger charge is 2.13. The number of benzene rings is 1. The molecule has 0 fully saturated rings. The number of methoxy groups -OCH3 is 1. The minimum atomic E-state index is -0.0725. The maximum Gasteiger partial charge on any atom is 0.239 e. The van der Waals surface area contributed by atoms with Gasteiger partial charge in [0.25, 0.3) is 0 Å². The zero-order chi connectivity index (χ0) is 17.6. The third kappa shape index (κ3) is 4.03. The Balaban J connectivity index is 1.53. The highest BCUT2D eigenvalue weighted by molar-refractivity contribution is 5.86. The number of imidazole rings is 1. The number of nitrogens with zero attached hydrogens (tertiary/aromatic N) is 4. The van der Waals surface area contributed by atoms with Crippen LogP contribution in [0, 0.1) is 0 Å². The average Bonchev–Trinajstić information content (AvgIpc) is 3.10. The van der Waals surface area contributed by atoms with Gasteiger partial charge in [-0.15, -0.1) is 0 Å². The molecule has 130 valence electrons. The fourth-order valence-electron chi connectivity index (χ4n) is 2.56. The van der Waals surface area contributed by atoms with Crippen LogP contribution >= 0.6 is 0 Å². The quantitative estimate of drug-likeness (QED) is 0.670. The van der Waals surface area contributed by atoms with Crippen molar-refractivity contribution in [3.63, 3.8) is 0 Å². The van der Waals surface area contributed by atoms with E-state index in [1.807, 2.05) is 31.3 Å². The van der Waals surface area contributed by atoms with Crippen molar-refractivity contribution in [3.05, 3.63) is 42.5 Å². The molecule has 2 N–H and O–H groups in total. The van der Waals surface area contributed by atoms with Crippen molar-refractivity contribution in [1.29, 1.82) is 0 Å². The standard InChI is InChI=1S/C17H20N6O2/c1-23(17-15-16(20-10-19-15)21-11-22-17)9-14(24)18-7-6-12-4-3-5-13(8-12)25-2/h3-5,8,10-11H,6-7,9H2,1-2H3,(H,18,24)(H,19,20,21,22). The molecule has 8 nitrogen and oxygen atoms in total. The fourth-order valence-corrected chi connectivity index (χ4v) is 2.56. The van der Waals surface area contributed by atoms with Crippen LogP contribution in [-0.2, 0) is 11.2 Å². The molecule has 0 spiro atoms. The predicted molar refractivity (Wildman–Crippen MR) is 94.7 cm³/mol. The molecule has 0 saturated carbocycles. The Labute approximate surface area is 145 Å². The zero-order valence-electron chi connectivity index (χ0n) is 14.2. The molecule has 2 heterocycles. The van der Waals surface area contributed by atoms with Crippen LogP contribution in [0.25, 0.3) is 11.2 Å². The summed E-state index contributed by atoms with van der Waals surface area (Å²) >= 11 is 0. The van der Waals surface area contributed by atoms with E-state index >= 15 is 0 Å². The number of likely N-dealkylation sites (N-methyl/N-ethyl adjacent to an activating group) is 1. The van der Waals surface area contributed by atoms with Crippen LogP contribution < -0.4 is 15.0 Å². The minimum Gasteiger partial charge on any atom is -0.497 e. The Kier molecular flexibility index (Phi) is 5.08. The van der Waals surface area contributed by atoms with Crippen molar-refractivity contribution in [2.45, 2.75) is 6.42 Å². The summed E-state index contributed by atoms with van der Waals surface area (Å²) in [5.74, 6) is 1.39. The molecule has 25 heavy (non-hydrogen) atoms. The number of aromatic nitrogens is 4. The average molecular weight is 340 g/mol. The van der Waals surface area contributed by atoms with Gasteiger partial charge in [-0.05, 0) is 24.1 Å². The highest BCUT2D eigenvalue weighted by atomic mass is 16.5. The van der Waals surface area contributed by atoms with Gasteiger partial charge >= 0.3 is 0 Å². The van der Waals surface area contributed by atoms with Gasteiger partial charge in [-0.3, -0.25) is 4.79 Å². The Hall–Kier alpha value is -3.16. The first-order valence-corrected chi connectivity index (χ1v) is 7.92. The molecular weight excluding hydrogens is 320 g/mol. The second kappa shape index (κ2) is 7.61. The molecule has 3 aromatic rings. The summed E-state index contributed by atoms with van der Waals surface area (Å²) in [5, 5.41) is 2.92. The lowest BCUT2D eigenvalue weighted by atomic mass is 10.1. The number of fused-ring (bicyclic) bond motifs is 1. The molecule has 0 aliphatic carbocycles. The summed E-state index contributed by atoms with van der Waals surface area (Å²) in [6.45, 7) is 0.756. The Morgan fingerprint density at radius 3 is 3.04 bits per heavy atom. The van der Waals surface area contributed by atoms with Crippen molar-refractivity contribution in [3.8, 4) is 5.75 Å². The number of hydrogen-bond acceptors (Lipinski definition) is 6. The van der Waals surface area contributed by atoms with Crippen molar-refractivity contribution in [2.75, 3.05) is 32.1 Å². The number of aromatic amines is 1.